The number of anilines is 2. The largest absolute Gasteiger partial charge is 0.633 e. The van der Waals surface area contributed by atoms with Crippen LogP contribution in [0.3, 0.4) is 0 Å². The van der Waals surface area contributed by atoms with Gasteiger partial charge in [-0.3, -0.25) is 9.88 Å². The van der Waals surface area contributed by atoms with Gasteiger partial charge in [0.25, 0.3) is 0 Å². The first-order chi connectivity index (χ1) is 17.7. The normalized spacial score (nSPS) is 15.3. The second-order valence-electron chi connectivity index (χ2n) is 9.06. The third kappa shape index (κ3) is 6.29. The van der Waals surface area contributed by atoms with E-state index < -0.39 is 0 Å². The summed E-state index contributed by atoms with van der Waals surface area (Å²) in [5.74, 6) is 1.53. The summed E-state index contributed by atoms with van der Waals surface area (Å²) in [5, 5.41) is 26.4. The van der Waals surface area contributed by atoms with E-state index in [2.05, 4.69) is 21.3 Å². The molecule has 1 aliphatic heterocycles. The Labute approximate surface area is 226 Å². The van der Waals surface area contributed by atoms with Crippen molar-refractivity contribution in [2.45, 2.75) is 6.42 Å². The molecule has 2 aromatic carbocycles. The minimum absolute atomic E-state index is 0.170. The van der Waals surface area contributed by atoms with Gasteiger partial charge in [0.2, 0.25) is 0 Å². The van der Waals surface area contributed by atoms with Gasteiger partial charge in [-0.25, -0.2) is 0 Å². The van der Waals surface area contributed by atoms with E-state index in [1.165, 1.54) is 13.3 Å². The van der Waals surface area contributed by atoms with E-state index in [-0.39, 0.29) is 4.65 Å². The number of halogens is 2. The van der Waals surface area contributed by atoms with Crippen LogP contribution in [0, 0.1) is 16.5 Å². The zero-order valence-corrected chi connectivity index (χ0v) is 22.5. The average Bonchev–Trinajstić information content (AvgIpc) is 2.88. The summed E-state index contributed by atoms with van der Waals surface area (Å²) in [4.78, 5) is 6.75. The number of likely N-dealkylation sites (N-methyl/N-ethyl adjacent to an activating group) is 1. The Morgan fingerprint density at radius 3 is 2.49 bits per heavy atom. The van der Waals surface area contributed by atoms with E-state index >= 15 is 0 Å². The maximum Gasteiger partial charge on any atom is 0.163 e. The van der Waals surface area contributed by atoms with Crippen molar-refractivity contribution in [2.75, 3.05) is 65.9 Å². The highest BCUT2D eigenvalue weighted by Crippen LogP contribution is 2.40. The number of fused-ring (bicyclic) bond motifs is 1. The zero-order valence-electron chi connectivity index (χ0n) is 21.0. The Balaban J connectivity index is 1.55. The molecule has 0 bridgehead atoms. The highest BCUT2D eigenvalue weighted by atomic mass is 35.5. The third-order valence-corrected chi connectivity index (χ3v) is 7.04. The number of aromatic nitrogens is 1. The molecule has 0 spiro atoms. The smallest absolute Gasteiger partial charge is 0.163 e. The molecule has 1 fully saturated rings. The lowest BCUT2D eigenvalue weighted by Gasteiger charge is -2.45. The van der Waals surface area contributed by atoms with E-state index in [4.69, 9.17) is 37.4 Å². The second kappa shape index (κ2) is 11.6. The number of ether oxygens (including phenoxy) is 3. The topological polar surface area (TPSA) is 103 Å². The summed E-state index contributed by atoms with van der Waals surface area (Å²) in [6.07, 6.45) is 2.31. The molecule has 1 aliphatic rings. The minimum atomic E-state index is -0.170. The predicted octanol–water partition coefficient (Wildman–Crippen LogP) is 5.20. The maximum absolute atomic E-state index is 12.0. The Morgan fingerprint density at radius 1 is 1.08 bits per heavy atom. The molecule has 1 saturated heterocycles. The van der Waals surface area contributed by atoms with Crippen molar-refractivity contribution in [2.24, 2.45) is 0 Å². The van der Waals surface area contributed by atoms with E-state index in [1.54, 1.807) is 38.4 Å². The lowest BCUT2D eigenvalue weighted by molar-refractivity contribution is -0.865. The molecule has 0 amide bonds. The molecular weight excluding hydrogens is 517 g/mol. The fraction of sp³-hybridized carbons (Fsp3) is 0.385. The summed E-state index contributed by atoms with van der Waals surface area (Å²) >= 11 is 12.6. The van der Waals surface area contributed by atoms with Crippen molar-refractivity contribution >= 4 is 45.5 Å². The van der Waals surface area contributed by atoms with Crippen LogP contribution in [0.1, 0.15) is 12.0 Å². The lowest BCUT2D eigenvalue weighted by Crippen LogP contribution is -2.53. The lowest BCUT2D eigenvalue weighted by atomic mass is 10.1. The summed E-state index contributed by atoms with van der Waals surface area (Å²) in [6, 6.07) is 9.01. The van der Waals surface area contributed by atoms with Crippen LogP contribution in [0.4, 0.5) is 11.4 Å². The third-order valence-electron chi connectivity index (χ3n) is 6.43. The number of nitrogens with one attached hydrogen (secondary N) is 1. The van der Waals surface area contributed by atoms with E-state index in [9.17, 15) is 10.5 Å². The van der Waals surface area contributed by atoms with Crippen molar-refractivity contribution in [1.82, 2.24) is 9.88 Å². The molecule has 11 heteroatoms. The Hall–Kier alpha value is -3.00. The van der Waals surface area contributed by atoms with Gasteiger partial charge in [0.15, 0.2) is 11.5 Å². The number of nitrogens with zero attached hydrogens (tertiary/aromatic N) is 4. The second-order valence-corrected chi connectivity index (χ2v) is 9.87. The van der Waals surface area contributed by atoms with Crippen molar-refractivity contribution in [3.05, 3.63) is 51.3 Å². The van der Waals surface area contributed by atoms with Gasteiger partial charge in [-0.2, -0.15) is 5.26 Å². The standard InChI is InChI=1S/C26H29Cl2N5O4/c1-33(34)8-6-32(7-9-33)5-4-10-37-25-13-21-18(11-24(25)36-3)26(17(15-29)16-30-21)31-22-14-23(35-2)20(28)12-19(22)27/h11-14,16H,4-10H2,1-3H3,(H,30,31). The minimum Gasteiger partial charge on any atom is -0.633 e. The molecule has 1 aromatic heterocycles. The van der Waals surface area contributed by atoms with Crippen molar-refractivity contribution in [3.63, 3.8) is 0 Å². The molecular formula is C26H29Cl2N5O4. The Morgan fingerprint density at radius 2 is 1.81 bits per heavy atom. The molecule has 37 heavy (non-hydrogen) atoms. The van der Waals surface area contributed by atoms with E-state index in [0.29, 0.717) is 74.8 Å². The zero-order chi connectivity index (χ0) is 26.6. The molecule has 196 valence electrons. The first-order valence-corrected chi connectivity index (χ1v) is 12.6. The average molecular weight is 546 g/mol. The number of hydrogen-bond donors (Lipinski definition) is 1. The maximum atomic E-state index is 12.0. The summed E-state index contributed by atoms with van der Waals surface area (Å²) in [7, 11) is 4.80. The van der Waals surface area contributed by atoms with Gasteiger partial charge >= 0.3 is 0 Å². The molecule has 0 saturated carbocycles. The van der Waals surface area contributed by atoms with Crippen LogP contribution in [0.25, 0.3) is 10.9 Å². The highest BCUT2D eigenvalue weighted by molar-refractivity contribution is 6.37. The summed E-state index contributed by atoms with van der Waals surface area (Å²) in [5.41, 5.74) is 2.01. The number of methoxy groups -OCH3 is 2. The van der Waals surface area contributed by atoms with Crippen LogP contribution in [-0.4, -0.2) is 75.1 Å². The van der Waals surface area contributed by atoms with Gasteiger partial charge in [-0.15, -0.1) is 0 Å². The molecule has 3 aromatic rings. The Kier molecular flexibility index (Phi) is 8.47. The summed E-state index contributed by atoms with van der Waals surface area (Å²) in [6.45, 7) is 4.16. The molecule has 4 rings (SSSR count). The number of pyridine rings is 1. The molecule has 0 atom stereocenters. The van der Waals surface area contributed by atoms with Crippen LogP contribution in [0.15, 0.2) is 30.5 Å². The molecule has 9 nitrogen and oxygen atoms in total. The molecule has 0 radical (unpaired) electrons. The van der Waals surface area contributed by atoms with E-state index in [0.717, 1.165) is 26.1 Å². The van der Waals surface area contributed by atoms with Gasteiger partial charge in [-0.1, -0.05) is 23.2 Å². The fourth-order valence-corrected chi connectivity index (χ4v) is 4.74. The van der Waals surface area contributed by atoms with Crippen molar-refractivity contribution in [3.8, 4) is 23.3 Å². The fourth-order valence-electron chi connectivity index (χ4n) is 4.23. The highest BCUT2D eigenvalue weighted by Gasteiger charge is 2.21. The number of rotatable bonds is 9. The van der Waals surface area contributed by atoms with E-state index in [1.807, 2.05) is 0 Å². The van der Waals surface area contributed by atoms with Crippen LogP contribution in [0.5, 0.6) is 17.2 Å². The van der Waals surface area contributed by atoms with Crippen LogP contribution < -0.4 is 19.5 Å². The van der Waals surface area contributed by atoms with Crippen LogP contribution in [0.2, 0.25) is 10.0 Å². The van der Waals surface area contributed by atoms with Gasteiger partial charge in [0, 0.05) is 43.4 Å². The molecule has 0 unspecified atom stereocenters. The first-order valence-electron chi connectivity index (χ1n) is 11.9. The van der Waals surface area contributed by atoms with Gasteiger partial charge in [-0.05, 0) is 18.6 Å². The number of piperazine rings is 1. The van der Waals surface area contributed by atoms with Gasteiger partial charge in [0.05, 0.1) is 73.5 Å². The molecule has 0 aliphatic carbocycles. The first kappa shape index (κ1) is 27.0. The molecule has 2 heterocycles. The van der Waals surface area contributed by atoms with Gasteiger partial charge < -0.3 is 29.4 Å². The number of quaternary nitrogens is 1. The predicted molar refractivity (Wildman–Crippen MR) is 145 cm³/mol. The summed E-state index contributed by atoms with van der Waals surface area (Å²) < 4.78 is 16.8. The quantitative estimate of drug-likeness (QED) is 0.222. The monoisotopic (exact) mass is 545 g/mol. The van der Waals surface area contributed by atoms with Crippen LogP contribution in [-0.2, 0) is 0 Å². The Bertz CT molecular complexity index is 1320. The van der Waals surface area contributed by atoms with Crippen LogP contribution >= 0.6 is 23.2 Å². The van der Waals surface area contributed by atoms with Gasteiger partial charge in [0.1, 0.15) is 11.8 Å². The SMILES string of the molecule is COc1cc(Nc2c(C#N)cnc3cc(OCCCN4CC[N+](C)([O-])CC4)c(OC)cc23)c(Cl)cc1Cl. The molecule has 1 N–H and O–H groups in total. The number of nitriles is 1. The van der Waals surface area contributed by atoms with Crippen molar-refractivity contribution < 1.29 is 18.9 Å². The number of benzene rings is 2. The number of hydroxylamine groups is 3. The van der Waals surface area contributed by atoms with Crippen molar-refractivity contribution in [1.29, 1.82) is 5.26 Å². The number of hydrogen-bond acceptors (Lipinski definition) is 8.